The molecule has 2 N–H and O–H groups in total. The van der Waals surface area contributed by atoms with Gasteiger partial charge in [0.25, 0.3) is 5.76 Å². The summed E-state index contributed by atoms with van der Waals surface area (Å²) in [4.78, 5) is 12.6. The van der Waals surface area contributed by atoms with E-state index in [0.29, 0.717) is 46.8 Å². The summed E-state index contributed by atoms with van der Waals surface area (Å²) in [6.45, 7) is 0. The molecular formula is C16H21ClF2N2OS. The third-order valence-corrected chi connectivity index (χ3v) is 5.21. The molecule has 2 bridgehead atoms. The molecule has 23 heavy (non-hydrogen) atoms. The molecule has 0 saturated carbocycles. The Morgan fingerprint density at radius 2 is 1.91 bits per heavy atom. The van der Waals surface area contributed by atoms with Crippen molar-refractivity contribution >= 4 is 35.8 Å². The fraction of sp³-hybridized carbons (Fsp3) is 0.562. The number of fused-ring (bicyclic) bond motifs is 2. The molecule has 0 radical (unpaired) electrons. The van der Waals surface area contributed by atoms with Crippen molar-refractivity contribution in [3.05, 3.63) is 24.3 Å². The van der Waals surface area contributed by atoms with Gasteiger partial charge in [-0.1, -0.05) is 23.9 Å². The fourth-order valence-electron chi connectivity index (χ4n) is 3.57. The molecule has 2 heterocycles. The molecule has 1 aromatic carbocycles. The Kier molecular flexibility index (Phi) is 6.68. The monoisotopic (exact) mass is 362 g/mol. The van der Waals surface area contributed by atoms with Crippen LogP contribution >= 0.6 is 24.2 Å². The maximum atomic E-state index is 12.5. The number of amides is 1. The van der Waals surface area contributed by atoms with Crippen molar-refractivity contribution in [2.75, 3.05) is 5.32 Å². The van der Waals surface area contributed by atoms with Gasteiger partial charge in [-0.25, -0.2) is 0 Å². The van der Waals surface area contributed by atoms with Crippen LogP contribution in [0.1, 0.15) is 32.1 Å². The first-order chi connectivity index (χ1) is 10.6. The van der Waals surface area contributed by atoms with E-state index in [0.717, 1.165) is 12.8 Å². The molecule has 1 amide bonds. The zero-order valence-electron chi connectivity index (χ0n) is 12.6. The van der Waals surface area contributed by atoms with Crippen molar-refractivity contribution in [1.29, 1.82) is 0 Å². The normalized spacial score (nSPS) is 26.0. The summed E-state index contributed by atoms with van der Waals surface area (Å²) in [7, 11) is 0. The van der Waals surface area contributed by atoms with Gasteiger partial charge in [-0.05, 0) is 43.7 Å². The van der Waals surface area contributed by atoms with E-state index in [-0.39, 0.29) is 18.3 Å². The molecule has 2 aliphatic heterocycles. The van der Waals surface area contributed by atoms with Gasteiger partial charge < -0.3 is 10.6 Å². The van der Waals surface area contributed by atoms with Crippen molar-refractivity contribution in [3.8, 4) is 0 Å². The second-order valence-corrected chi connectivity index (χ2v) is 7.13. The maximum absolute atomic E-state index is 12.5. The summed E-state index contributed by atoms with van der Waals surface area (Å²) in [5, 5.41) is 6.36. The number of carbonyl (C=O) groups excluding carboxylic acids is 1. The van der Waals surface area contributed by atoms with E-state index >= 15 is 0 Å². The highest BCUT2D eigenvalue weighted by molar-refractivity contribution is 7.99. The number of carbonyl (C=O) groups is 1. The molecule has 0 aromatic heterocycles. The zero-order valence-corrected chi connectivity index (χ0v) is 14.3. The van der Waals surface area contributed by atoms with Gasteiger partial charge in [0.1, 0.15) is 0 Å². The molecule has 3 nitrogen and oxygen atoms in total. The summed E-state index contributed by atoms with van der Waals surface area (Å²) >= 11 is 0.466. The molecule has 128 valence electrons. The smallest absolute Gasteiger partial charge is 0.288 e. The van der Waals surface area contributed by atoms with Gasteiger partial charge in [0.2, 0.25) is 5.91 Å². The van der Waals surface area contributed by atoms with Gasteiger partial charge in [-0.3, -0.25) is 4.79 Å². The van der Waals surface area contributed by atoms with Crippen LogP contribution in [0.2, 0.25) is 0 Å². The second kappa shape index (κ2) is 8.31. The molecule has 0 aliphatic carbocycles. The van der Waals surface area contributed by atoms with Crippen LogP contribution < -0.4 is 10.6 Å². The number of anilines is 1. The molecule has 2 unspecified atom stereocenters. The summed E-state index contributed by atoms with van der Waals surface area (Å²) in [5.74, 6) is -2.17. The quantitative estimate of drug-likeness (QED) is 0.768. The highest BCUT2D eigenvalue weighted by Gasteiger charge is 2.34. The Hall–Kier alpha value is -0.850. The van der Waals surface area contributed by atoms with Crippen molar-refractivity contribution in [3.63, 3.8) is 0 Å². The van der Waals surface area contributed by atoms with E-state index in [2.05, 4.69) is 10.6 Å². The Morgan fingerprint density at radius 3 is 2.57 bits per heavy atom. The second-order valence-electron chi connectivity index (χ2n) is 6.10. The molecule has 2 saturated heterocycles. The number of benzene rings is 1. The average Bonchev–Trinajstić information content (AvgIpc) is 2.79. The number of halogens is 3. The van der Waals surface area contributed by atoms with Crippen LogP contribution in [0.15, 0.2) is 29.2 Å². The number of alkyl halides is 2. The number of para-hydroxylation sites is 1. The van der Waals surface area contributed by atoms with Crippen LogP contribution in [-0.2, 0) is 4.79 Å². The number of thioether (sulfide) groups is 1. The standard InChI is InChI=1S/C16H20F2N2OS.ClH/c17-16(18)22-14-4-2-1-3-13(14)20-15(21)9-10-7-11-5-6-12(8-10)19-11;/h1-4,10-12,16,19H,5-9H2,(H,20,21);1H. The van der Waals surface area contributed by atoms with Crippen LogP contribution in [0.4, 0.5) is 14.5 Å². The maximum Gasteiger partial charge on any atom is 0.288 e. The molecule has 2 aliphatic rings. The predicted octanol–water partition coefficient (Wildman–Crippen LogP) is 4.28. The van der Waals surface area contributed by atoms with Crippen molar-refractivity contribution in [1.82, 2.24) is 5.32 Å². The van der Waals surface area contributed by atoms with E-state index < -0.39 is 5.76 Å². The minimum Gasteiger partial charge on any atom is -0.325 e. The lowest BCUT2D eigenvalue weighted by Gasteiger charge is -2.28. The number of nitrogens with one attached hydrogen (secondary N) is 2. The molecular weight excluding hydrogens is 342 g/mol. The zero-order chi connectivity index (χ0) is 15.5. The van der Waals surface area contributed by atoms with Gasteiger partial charge >= 0.3 is 0 Å². The predicted molar refractivity (Wildman–Crippen MR) is 91.5 cm³/mol. The summed E-state index contributed by atoms with van der Waals surface area (Å²) in [6.07, 6.45) is 4.96. The molecule has 7 heteroatoms. The van der Waals surface area contributed by atoms with Gasteiger partial charge in [-0.2, -0.15) is 8.78 Å². The number of hydrogen-bond donors (Lipinski definition) is 2. The summed E-state index contributed by atoms with van der Waals surface area (Å²) in [6, 6.07) is 7.84. The lowest BCUT2D eigenvalue weighted by molar-refractivity contribution is -0.117. The first kappa shape index (κ1) is 18.5. The van der Waals surface area contributed by atoms with Crippen molar-refractivity contribution in [2.24, 2.45) is 5.92 Å². The van der Waals surface area contributed by atoms with Crippen molar-refractivity contribution < 1.29 is 13.6 Å². The van der Waals surface area contributed by atoms with Gasteiger partial charge in [0, 0.05) is 23.4 Å². The highest BCUT2D eigenvalue weighted by atomic mass is 35.5. The summed E-state index contributed by atoms with van der Waals surface area (Å²) < 4.78 is 25.1. The van der Waals surface area contributed by atoms with E-state index in [4.69, 9.17) is 0 Å². The summed E-state index contributed by atoms with van der Waals surface area (Å²) in [5.41, 5.74) is 0.481. The SMILES string of the molecule is Cl.O=C(CC1CC2CCC(C1)N2)Nc1ccccc1SC(F)F. The van der Waals surface area contributed by atoms with E-state index in [1.54, 1.807) is 24.3 Å². The third-order valence-electron chi connectivity index (χ3n) is 4.42. The lowest BCUT2D eigenvalue weighted by Crippen LogP contribution is -2.39. The third kappa shape index (κ3) is 5.06. The molecule has 2 atom stereocenters. The minimum absolute atomic E-state index is 0. The topological polar surface area (TPSA) is 41.1 Å². The van der Waals surface area contributed by atoms with E-state index in [9.17, 15) is 13.6 Å². The number of hydrogen-bond acceptors (Lipinski definition) is 3. The Morgan fingerprint density at radius 1 is 1.26 bits per heavy atom. The van der Waals surface area contributed by atoms with Crippen LogP contribution in [-0.4, -0.2) is 23.7 Å². The molecule has 3 rings (SSSR count). The lowest BCUT2D eigenvalue weighted by atomic mass is 9.89. The fourth-order valence-corrected chi connectivity index (χ4v) is 4.17. The van der Waals surface area contributed by atoms with Crippen LogP contribution in [0.3, 0.4) is 0 Å². The van der Waals surface area contributed by atoms with E-state index in [1.807, 2.05) is 0 Å². The Labute approximate surface area is 145 Å². The van der Waals surface area contributed by atoms with Crippen LogP contribution in [0.25, 0.3) is 0 Å². The van der Waals surface area contributed by atoms with Crippen LogP contribution in [0.5, 0.6) is 0 Å². The first-order valence-electron chi connectivity index (χ1n) is 7.70. The number of piperidine rings is 1. The molecule has 0 spiro atoms. The average molecular weight is 363 g/mol. The molecule has 2 fully saturated rings. The highest BCUT2D eigenvalue weighted by Crippen LogP contribution is 2.34. The first-order valence-corrected chi connectivity index (χ1v) is 8.58. The molecule has 1 aromatic rings. The minimum atomic E-state index is -2.49. The van der Waals surface area contributed by atoms with Gasteiger partial charge in [-0.15, -0.1) is 12.4 Å². The largest absolute Gasteiger partial charge is 0.325 e. The van der Waals surface area contributed by atoms with Gasteiger partial charge in [0.05, 0.1) is 5.69 Å². The van der Waals surface area contributed by atoms with E-state index in [1.165, 1.54) is 12.8 Å². The van der Waals surface area contributed by atoms with Gasteiger partial charge in [0.15, 0.2) is 0 Å². The Balaban J connectivity index is 0.00000192. The Bertz CT molecular complexity index is 535. The van der Waals surface area contributed by atoms with Crippen LogP contribution in [0, 0.1) is 5.92 Å². The number of rotatable bonds is 5. The van der Waals surface area contributed by atoms with Crippen molar-refractivity contribution in [2.45, 2.75) is 54.8 Å².